The molecule has 0 bridgehead atoms. The Morgan fingerprint density at radius 3 is 2.72 bits per heavy atom. The van der Waals surface area contributed by atoms with Crippen LogP contribution in [-0.4, -0.2) is 24.1 Å². The van der Waals surface area contributed by atoms with Gasteiger partial charge in [-0.25, -0.2) is 0 Å². The topological polar surface area (TPSA) is 72.5 Å². The number of alkyl halides is 1. The summed E-state index contributed by atoms with van der Waals surface area (Å²) in [4.78, 5) is 10.3. The molecule has 1 rings (SSSR count). The van der Waals surface area contributed by atoms with Crippen LogP contribution >= 0.6 is 11.6 Å². The quantitative estimate of drug-likeness (QED) is 0.592. The Morgan fingerprint density at radius 1 is 1.39 bits per heavy atom. The summed E-state index contributed by atoms with van der Waals surface area (Å²) in [6.45, 7) is 1.04. The van der Waals surface area contributed by atoms with Gasteiger partial charge in [0.15, 0.2) is 0 Å². The van der Waals surface area contributed by atoms with E-state index in [1.165, 1.54) is 6.38 Å². The summed E-state index contributed by atoms with van der Waals surface area (Å²) >= 11 is 4.64. The number of carboxylic acids is 1. The molecule has 0 heterocycles. The largest absolute Gasteiger partial charge is 0.494 e. The first-order chi connectivity index (χ1) is 8.72. The summed E-state index contributed by atoms with van der Waals surface area (Å²) in [7, 11) is 0. The maximum Gasteiger partial charge on any atom is 0.303 e. The third kappa shape index (κ3) is 7.92. The molecule has 0 aromatic heterocycles. The minimum Gasteiger partial charge on any atom is -0.494 e. The fourth-order valence-corrected chi connectivity index (χ4v) is 1.33. The molecule has 18 heavy (non-hydrogen) atoms. The monoisotopic (exact) mass is 273 g/mol. The molecule has 0 aliphatic rings. The van der Waals surface area contributed by atoms with Crippen molar-refractivity contribution >= 4 is 17.6 Å². The number of hydrogen-bond donors (Lipinski definition) is 2. The van der Waals surface area contributed by atoms with E-state index in [2.05, 4.69) is 11.6 Å². The average Bonchev–Trinajstić information content (AvgIpc) is 2.40. The van der Waals surface area contributed by atoms with Crippen LogP contribution in [0, 0.1) is 0 Å². The second-order valence-electron chi connectivity index (χ2n) is 3.55. The zero-order chi connectivity index (χ0) is 13.8. The molecule has 0 spiro atoms. The summed E-state index contributed by atoms with van der Waals surface area (Å²) in [6, 6.07) is 7.61. The second kappa shape index (κ2) is 10.9. The van der Waals surface area contributed by atoms with Crippen molar-refractivity contribution in [1.29, 1.82) is 0 Å². The third-order valence-electron chi connectivity index (χ3n) is 2.19. The minimum absolute atomic E-state index is 0.201. The lowest BCUT2D eigenvalue weighted by Gasteiger charge is -2.06. The van der Waals surface area contributed by atoms with Crippen molar-refractivity contribution in [3.63, 3.8) is 0 Å². The summed E-state index contributed by atoms with van der Waals surface area (Å²) in [5, 5.41) is 8.44. The number of carbonyl (C=O) groups is 1. The second-order valence-corrected chi connectivity index (χ2v) is 3.55. The Kier molecular flexibility index (Phi) is 10.1. The SMILES string of the molecule is CCl.NCc1cccc(OCCCCC(=O)O)c1. The van der Waals surface area contributed by atoms with E-state index in [0.29, 0.717) is 19.6 Å². The van der Waals surface area contributed by atoms with E-state index in [0.717, 1.165) is 17.7 Å². The molecule has 0 atom stereocenters. The van der Waals surface area contributed by atoms with Gasteiger partial charge in [0.1, 0.15) is 5.75 Å². The van der Waals surface area contributed by atoms with Crippen molar-refractivity contribution in [2.24, 2.45) is 5.73 Å². The predicted octanol–water partition coefficient (Wildman–Crippen LogP) is 2.63. The van der Waals surface area contributed by atoms with Gasteiger partial charge in [-0.05, 0) is 30.5 Å². The lowest BCUT2D eigenvalue weighted by atomic mass is 10.2. The van der Waals surface area contributed by atoms with Crippen LogP contribution in [0.5, 0.6) is 5.75 Å². The molecule has 0 amide bonds. The fourth-order valence-electron chi connectivity index (χ4n) is 1.33. The molecular formula is C13H20ClNO3. The number of halogens is 1. The fraction of sp³-hybridized carbons (Fsp3) is 0.462. The van der Waals surface area contributed by atoms with Gasteiger partial charge in [0, 0.05) is 19.3 Å². The molecule has 5 heteroatoms. The molecule has 1 aromatic carbocycles. The van der Waals surface area contributed by atoms with Gasteiger partial charge in [0.25, 0.3) is 0 Å². The highest BCUT2D eigenvalue weighted by molar-refractivity contribution is 6.15. The van der Waals surface area contributed by atoms with Gasteiger partial charge in [-0.15, -0.1) is 11.6 Å². The van der Waals surface area contributed by atoms with Crippen LogP contribution in [0.25, 0.3) is 0 Å². The average molecular weight is 274 g/mol. The molecule has 3 N–H and O–H groups in total. The van der Waals surface area contributed by atoms with Gasteiger partial charge < -0.3 is 15.6 Å². The van der Waals surface area contributed by atoms with Crippen molar-refractivity contribution in [2.45, 2.75) is 25.8 Å². The molecule has 0 radical (unpaired) electrons. The Hall–Kier alpha value is -1.26. The Morgan fingerprint density at radius 2 is 2.11 bits per heavy atom. The maximum absolute atomic E-state index is 10.3. The van der Waals surface area contributed by atoms with E-state index in [1.54, 1.807) is 0 Å². The summed E-state index contributed by atoms with van der Waals surface area (Å²) in [5.41, 5.74) is 6.54. The molecule has 4 nitrogen and oxygen atoms in total. The Bertz CT molecular complexity index is 345. The summed E-state index contributed by atoms with van der Waals surface area (Å²) < 4.78 is 5.48. The molecule has 0 aliphatic heterocycles. The highest BCUT2D eigenvalue weighted by Crippen LogP contribution is 2.13. The van der Waals surface area contributed by atoms with Crippen molar-refractivity contribution in [3.05, 3.63) is 29.8 Å². The first kappa shape index (κ1) is 16.7. The van der Waals surface area contributed by atoms with Crippen molar-refractivity contribution in [2.75, 3.05) is 13.0 Å². The number of ether oxygens (including phenoxy) is 1. The van der Waals surface area contributed by atoms with Crippen LogP contribution in [0.3, 0.4) is 0 Å². The number of hydrogen-bond acceptors (Lipinski definition) is 3. The van der Waals surface area contributed by atoms with Gasteiger partial charge in [-0.3, -0.25) is 4.79 Å². The molecular weight excluding hydrogens is 254 g/mol. The van der Waals surface area contributed by atoms with Crippen molar-refractivity contribution < 1.29 is 14.6 Å². The zero-order valence-electron chi connectivity index (χ0n) is 10.6. The number of unbranched alkanes of at least 4 members (excludes halogenated alkanes) is 1. The van der Waals surface area contributed by atoms with E-state index in [4.69, 9.17) is 15.6 Å². The van der Waals surface area contributed by atoms with Crippen molar-refractivity contribution in [1.82, 2.24) is 0 Å². The number of aliphatic carboxylic acids is 1. The lowest BCUT2D eigenvalue weighted by molar-refractivity contribution is -0.137. The first-order valence-electron chi connectivity index (χ1n) is 5.74. The van der Waals surface area contributed by atoms with Gasteiger partial charge in [0.2, 0.25) is 0 Å². The molecule has 0 aliphatic carbocycles. The predicted molar refractivity (Wildman–Crippen MR) is 73.1 cm³/mol. The summed E-state index contributed by atoms with van der Waals surface area (Å²) in [5.74, 6) is 0.0309. The van der Waals surface area contributed by atoms with Gasteiger partial charge in [0.05, 0.1) is 6.61 Å². The van der Waals surface area contributed by atoms with E-state index in [-0.39, 0.29) is 6.42 Å². The Balaban J connectivity index is 0.00000137. The van der Waals surface area contributed by atoms with Gasteiger partial charge in [-0.2, -0.15) is 0 Å². The number of rotatable bonds is 7. The number of nitrogens with two attached hydrogens (primary N) is 1. The molecule has 1 aromatic rings. The molecule has 102 valence electrons. The smallest absolute Gasteiger partial charge is 0.303 e. The molecule has 0 saturated heterocycles. The molecule has 0 unspecified atom stereocenters. The minimum atomic E-state index is -0.759. The van der Waals surface area contributed by atoms with E-state index < -0.39 is 5.97 Å². The molecule has 0 saturated carbocycles. The van der Waals surface area contributed by atoms with Crippen LogP contribution in [0.4, 0.5) is 0 Å². The number of carboxylic acid groups (broad SMARTS) is 1. The van der Waals surface area contributed by atoms with Crippen LogP contribution < -0.4 is 10.5 Å². The van der Waals surface area contributed by atoms with Crippen LogP contribution in [0.1, 0.15) is 24.8 Å². The van der Waals surface area contributed by atoms with Crippen molar-refractivity contribution in [3.8, 4) is 5.75 Å². The highest BCUT2D eigenvalue weighted by Gasteiger charge is 1.98. The normalized spacial score (nSPS) is 9.28. The van der Waals surface area contributed by atoms with Gasteiger partial charge in [-0.1, -0.05) is 12.1 Å². The van der Waals surface area contributed by atoms with Gasteiger partial charge >= 0.3 is 5.97 Å². The van der Waals surface area contributed by atoms with E-state index >= 15 is 0 Å². The van der Waals surface area contributed by atoms with E-state index in [9.17, 15) is 4.79 Å². The highest BCUT2D eigenvalue weighted by atomic mass is 35.5. The maximum atomic E-state index is 10.3. The summed E-state index contributed by atoms with van der Waals surface area (Å²) in [6.07, 6.45) is 3.07. The van der Waals surface area contributed by atoms with Crippen LogP contribution in [0.2, 0.25) is 0 Å². The third-order valence-corrected chi connectivity index (χ3v) is 2.19. The zero-order valence-corrected chi connectivity index (χ0v) is 11.3. The van der Waals surface area contributed by atoms with Crippen LogP contribution in [0.15, 0.2) is 24.3 Å². The lowest BCUT2D eigenvalue weighted by Crippen LogP contribution is -2.01. The molecule has 0 fully saturated rings. The standard InChI is InChI=1S/C12H17NO3.CH3Cl/c13-9-10-4-3-5-11(8-10)16-7-2-1-6-12(14)15;1-2/h3-5,8H,1-2,6-7,9,13H2,(H,14,15);1H3. The van der Waals surface area contributed by atoms with E-state index in [1.807, 2.05) is 24.3 Å². The Labute approximate surface area is 113 Å². The first-order valence-corrected chi connectivity index (χ1v) is 6.49. The number of benzene rings is 1. The van der Waals surface area contributed by atoms with Crippen LogP contribution in [-0.2, 0) is 11.3 Å².